The van der Waals surface area contributed by atoms with Gasteiger partial charge in [0.2, 0.25) is 0 Å². The Kier molecular flexibility index (Phi) is 5.92. The normalized spacial score (nSPS) is 20.5. The van der Waals surface area contributed by atoms with Crippen LogP contribution in [-0.2, 0) is 11.3 Å². The number of benzene rings is 1. The average Bonchev–Trinajstić information content (AvgIpc) is 3.38. The third-order valence-corrected chi connectivity index (χ3v) is 5.26. The van der Waals surface area contributed by atoms with E-state index in [2.05, 4.69) is 10.1 Å². The number of ether oxygens (including phenoxy) is 2. The predicted octanol–water partition coefficient (Wildman–Crippen LogP) is 2.50. The number of rotatable bonds is 6. The molecule has 2 aromatic rings. The molecule has 7 heteroatoms. The molecule has 1 atom stereocenters. The summed E-state index contributed by atoms with van der Waals surface area (Å²) in [4.78, 5) is 17.1. The summed E-state index contributed by atoms with van der Waals surface area (Å²) >= 11 is 0. The standard InChI is InChI=1S/C21H27N3O4/c1-16-12-20(28-22-16)14-23-7-9-24(10-8-23)21(25)17-4-2-5-18(13-17)27-15-19-6-3-11-26-19/h2,4-5,12-13,19H,3,6-11,14-15H2,1H3. The van der Waals surface area contributed by atoms with Crippen molar-refractivity contribution in [3.8, 4) is 5.75 Å². The molecule has 3 heterocycles. The largest absolute Gasteiger partial charge is 0.491 e. The Morgan fingerprint density at radius 1 is 1.25 bits per heavy atom. The first-order chi connectivity index (χ1) is 13.7. The topological polar surface area (TPSA) is 68.0 Å². The van der Waals surface area contributed by atoms with Gasteiger partial charge in [-0.1, -0.05) is 11.2 Å². The van der Waals surface area contributed by atoms with Gasteiger partial charge >= 0.3 is 0 Å². The first-order valence-corrected chi connectivity index (χ1v) is 9.96. The van der Waals surface area contributed by atoms with E-state index in [4.69, 9.17) is 14.0 Å². The van der Waals surface area contributed by atoms with Crippen molar-refractivity contribution in [2.75, 3.05) is 39.4 Å². The molecule has 7 nitrogen and oxygen atoms in total. The highest BCUT2D eigenvalue weighted by Gasteiger charge is 2.23. The Balaban J connectivity index is 1.29. The summed E-state index contributed by atoms with van der Waals surface area (Å²) in [5, 5.41) is 3.93. The molecule has 0 spiro atoms. The van der Waals surface area contributed by atoms with Gasteiger partial charge in [0, 0.05) is 44.4 Å². The molecule has 2 aliphatic rings. The van der Waals surface area contributed by atoms with Crippen LogP contribution in [0.1, 0.15) is 34.7 Å². The molecule has 1 aromatic carbocycles. The van der Waals surface area contributed by atoms with Gasteiger partial charge < -0.3 is 18.9 Å². The number of hydrogen-bond donors (Lipinski definition) is 0. The Morgan fingerprint density at radius 3 is 2.82 bits per heavy atom. The summed E-state index contributed by atoms with van der Waals surface area (Å²) < 4.78 is 16.7. The molecule has 1 amide bonds. The summed E-state index contributed by atoms with van der Waals surface area (Å²) in [6.45, 7) is 7.05. The Labute approximate surface area is 165 Å². The van der Waals surface area contributed by atoms with Gasteiger partial charge in [-0.15, -0.1) is 0 Å². The molecule has 1 unspecified atom stereocenters. The van der Waals surface area contributed by atoms with E-state index in [9.17, 15) is 4.79 Å². The molecule has 0 bridgehead atoms. The predicted molar refractivity (Wildman–Crippen MR) is 103 cm³/mol. The minimum absolute atomic E-state index is 0.0535. The molecule has 4 rings (SSSR count). The highest BCUT2D eigenvalue weighted by Crippen LogP contribution is 2.19. The minimum atomic E-state index is 0.0535. The van der Waals surface area contributed by atoms with Gasteiger partial charge in [-0.3, -0.25) is 9.69 Å². The van der Waals surface area contributed by atoms with Crippen LogP contribution in [0.3, 0.4) is 0 Å². The van der Waals surface area contributed by atoms with E-state index in [1.54, 1.807) is 0 Å². The quantitative estimate of drug-likeness (QED) is 0.761. The number of carbonyl (C=O) groups excluding carboxylic acids is 1. The lowest BCUT2D eigenvalue weighted by Crippen LogP contribution is -2.48. The van der Waals surface area contributed by atoms with Gasteiger partial charge in [0.05, 0.1) is 18.3 Å². The number of hydrogen-bond acceptors (Lipinski definition) is 6. The van der Waals surface area contributed by atoms with Crippen LogP contribution in [-0.4, -0.2) is 66.4 Å². The highest BCUT2D eigenvalue weighted by atomic mass is 16.5. The van der Waals surface area contributed by atoms with Crippen molar-refractivity contribution in [3.05, 3.63) is 47.3 Å². The number of nitrogens with zero attached hydrogens (tertiary/aromatic N) is 3. The molecule has 28 heavy (non-hydrogen) atoms. The van der Waals surface area contributed by atoms with Crippen LogP contribution in [0.4, 0.5) is 0 Å². The van der Waals surface area contributed by atoms with E-state index < -0.39 is 0 Å². The summed E-state index contributed by atoms with van der Waals surface area (Å²) in [5.41, 5.74) is 1.56. The van der Waals surface area contributed by atoms with Gasteiger partial charge in [0.25, 0.3) is 5.91 Å². The monoisotopic (exact) mass is 385 g/mol. The second-order valence-electron chi connectivity index (χ2n) is 7.48. The van der Waals surface area contributed by atoms with Gasteiger partial charge in [-0.05, 0) is 38.0 Å². The van der Waals surface area contributed by atoms with E-state index in [1.807, 2.05) is 42.2 Å². The number of piperazine rings is 1. The Morgan fingerprint density at radius 2 is 2.11 bits per heavy atom. The number of aryl methyl sites for hydroxylation is 1. The second-order valence-corrected chi connectivity index (χ2v) is 7.48. The van der Waals surface area contributed by atoms with E-state index in [1.165, 1.54) is 0 Å². The summed E-state index contributed by atoms with van der Waals surface area (Å²) in [6, 6.07) is 9.41. The third kappa shape index (κ3) is 4.72. The SMILES string of the molecule is Cc1cc(CN2CCN(C(=O)c3cccc(OCC4CCCO4)c3)CC2)on1. The van der Waals surface area contributed by atoms with Crippen LogP contribution in [0.5, 0.6) is 5.75 Å². The average molecular weight is 385 g/mol. The fraction of sp³-hybridized carbons (Fsp3) is 0.524. The summed E-state index contributed by atoms with van der Waals surface area (Å²) in [7, 11) is 0. The van der Waals surface area contributed by atoms with E-state index in [0.29, 0.717) is 25.3 Å². The fourth-order valence-corrected chi connectivity index (χ4v) is 3.69. The van der Waals surface area contributed by atoms with Crippen molar-refractivity contribution in [1.82, 2.24) is 15.0 Å². The van der Waals surface area contributed by atoms with Crippen molar-refractivity contribution in [2.24, 2.45) is 0 Å². The van der Waals surface area contributed by atoms with Gasteiger partial charge in [-0.2, -0.15) is 0 Å². The molecule has 2 fully saturated rings. The number of amides is 1. The molecule has 2 aliphatic heterocycles. The van der Waals surface area contributed by atoms with Crippen LogP contribution >= 0.6 is 0 Å². The maximum absolute atomic E-state index is 12.9. The molecule has 0 saturated carbocycles. The lowest BCUT2D eigenvalue weighted by Gasteiger charge is -2.34. The molecule has 150 valence electrons. The van der Waals surface area contributed by atoms with Crippen molar-refractivity contribution in [2.45, 2.75) is 32.4 Å². The van der Waals surface area contributed by atoms with Crippen molar-refractivity contribution in [1.29, 1.82) is 0 Å². The minimum Gasteiger partial charge on any atom is -0.491 e. The third-order valence-electron chi connectivity index (χ3n) is 5.26. The van der Waals surface area contributed by atoms with Gasteiger partial charge in [0.1, 0.15) is 12.4 Å². The van der Waals surface area contributed by atoms with E-state index >= 15 is 0 Å². The zero-order chi connectivity index (χ0) is 19.3. The molecular formula is C21H27N3O4. The molecule has 0 N–H and O–H groups in total. The second kappa shape index (κ2) is 8.75. The number of aromatic nitrogens is 1. The lowest BCUT2D eigenvalue weighted by molar-refractivity contribution is 0.0614. The maximum atomic E-state index is 12.9. The smallest absolute Gasteiger partial charge is 0.254 e. The van der Waals surface area contributed by atoms with Crippen LogP contribution in [0, 0.1) is 6.92 Å². The van der Waals surface area contributed by atoms with E-state index in [-0.39, 0.29) is 12.0 Å². The fourth-order valence-electron chi connectivity index (χ4n) is 3.69. The Bertz CT molecular complexity index is 792. The first-order valence-electron chi connectivity index (χ1n) is 9.96. The van der Waals surface area contributed by atoms with Crippen LogP contribution in [0.2, 0.25) is 0 Å². The molecule has 0 aliphatic carbocycles. The highest BCUT2D eigenvalue weighted by molar-refractivity contribution is 5.94. The lowest BCUT2D eigenvalue weighted by atomic mass is 10.1. The molecular weight excluding hydrogens is 358 g/mol. The summed E-state index contributed by atoms with van der Waals surface area (Å²) in [6.07, 6.45) is 2.30. The first kappa shape index (κ1) is 19.0. The van der Waals surface area contributed by atoms with Crippen LogP contribution in [0.25, 0.3) is 0 Å². The van der Waals surface area contributed by atoms with Crippen molar-refractivity contribution < 1.29 is 18.8 Å². The molecule has 0 radical (unpaired) electrons. The van der Waals surface area contributed by atoms with Gasteiger partial charge in [-0.25, -0.2) is 0 Å². The van der Waals surface area contributed by atoms with Gasteiger partial charge in [0.15, 0.2) is 5.76 Å². The molecule has 2 saturated heterocycles. The van der Waals surface area contributed by atoms with E-state index in [0.717, 1.165) is 56.3 Å². The zero-order valence-corrected chi connectivity index (χ0v) is 16.3. The summed E-state index contributed by atoms with van der Waals surface area (Å²) in [5.74, 6) is 1.65. The van der Waals surface area contributed by atoms with Crippen molar-refractivity contribution in [3.63, 3.8) is 0 Å². The molecule has 1 aromatic heterocycles. The zero-order valence-electron chi connectivity index (χ0n) is 16.3. The van der Waals surface area contributed by atoms with Crippen LogP contribution in [0.15, 0.2) is 34.9 Å². The Hall–Kier alpha value is -2.38. The van der Waals surface area contributed by atoms with Crippen LogP contribution < -0.4 is 4.74 Å². The number of carbonyl (C=O) groups is 1. The van der Waals surface area contributed by atoms with Crippen molar-refractivity contribution >= 4 is 5.91 Å². The maximum Gasteiger partial charge on any atom is 0.254 e.